The number of nitrogens with one attached hydrogen (secondary N) is 1. The molecule has 0 aliphatic carbocycles. The standard InChI is InChI=1S/C27H24N2O5/c1-17-8-10-19(11-9-17)16-34-24-15-21(33-3)13-12-20(24)14-22-25(30)28-27(32)29(26(22)31)23-7-5-4-6-18(23)2/h4-15H,16H2,1-3H3,(H,28,30,32)/b22-14+. The molecule has 4 rings (SSSR count). The summed E-state index contributed by atoms with van der Waals surface area (Å²) in [6.07, 6.45) is 1.43. The van der Waals surface area contributed by atoms with Crippen LogP contribution in [0.15, 0.2) is 72.3 Å². The smallest absolute Gasteiger partial charge is 0.335 e. The van der Waals surface area contributed by atoms with Gasteiger partial charge in [0, 0.05) is 11.6 Å². The van der Waals surface area contributed by atoms with Crippen LogP contribution in [0.4, 0.5) is 10.5 Å². The Hall–Kier alpha value is -4.39. The summed E-state index contributed by atoms with van der Waals surface area (Å²) in [5, 5.41) is 2.25. The van der Waals surface area contributed by atoms with Gasteiger partial charge in [0.2, 0.25) is 0 Å². The van der Waals surface area contributed by atoms with Crippen LogP contribution in [0.25, 0.3) is 6.08 Å². The zero-order valence-corrected chi connectivity index (χ0v) is 19.1. The number of benzene rings is 3. The monoisotopic (exact) mass is 456 g/mol. The van der Waals surface area contributed by atoms with Crippen LogP contribution >= 0.6 is 0 Å². The van der Waals surface area contributed by atoms with E-state index in [1.54, 1.807) is 50.4 Å². The third kappa shape index (κ3) is 4.68. The van der Waals surface area contributed by atoms with E-state index in [-0.39, 0.29) is 12.2 Å². The number of barbiturate groups is 1. The SMILES string of the molecule is COc1ccc(/C=C2\C(=O)NC(=O)N(c3ccccc3C)C2=O)c(OCc2ccc(C)cc2)c1. The van der Waals surface area contributed by atoms with Gasteiger partial charge < -0.3 is 9.47 Å². The van der Waals surface area contributed by atoms with Crippen LogP contribution in [-0.4, -0.2) is 25.0 Å². The molecule has 0 unspecified atom stereocenters. The van der Waals surface area contributed by atoms with Gasteiger partial charge in [-0.15, -0.1) is 0 Å². The molecule has 0 radical (unpaired) electrons. The Morgan fingerprint density at radius 2 is 1.68 bits per heavy atom. The van der Waals surface area contributed by atoms with Crippen molar-refractivity contribution < 1.29 is 23.9 Å². The predicted octanol–water partition coefficient (Wildman–Crippen LogP) is 4.56. The number of aryl methyl sites for hydroxylation is 2. The van der Waals surface area contributed by atoms with Crippen LogP contribution in [0.3, 0.4) is 0 Å². The van der Waals surface area contributed by atoms with Gasteiger partial charge in [-0.1, -0.05) is 48.0 Å². The zero-order chi connectivity index (χ0) is 24.2. The number of urea groups is 1. The van der Waals surface area contributed by atoms with Crippen LogP contribution < -0.4 is 19.7 Å². The molecule has 3 aromatic rings. The fourth-order valence-electron chi connectivity index (χ4n) is 3.58. The Balaban J connectivity index is 1.69. The first kappa shape index (κ1) is 22.8. The van der Waals surface area contributed by atoms with Gasteiger partial charge >= 0.3 is 6.03 Å². The molecule has 3 aromatic carbocycles. The predicted molar refractivity (Wildman–Crippen MR) is 129 cm³/mol. The van der Waals surface area contributed by atoms with Crippen LogP contribution in [0, 0.1) is 13.8 Å². The fourth-order valence-corrected chi connectivity index (χ4v) is 3.58. The van der Waals surface area contributed by atoms with E-state index in [0.717, 1.165) is 21.6 Å². The normalized spacial score (nSPS) is 14.9. The van der Waals surface area contributed by atoms with Gasteiger partial charge in [-0.3, -0.25) is 14.9 Å². The molecule has 1 aliphatic rings. The maximum Gasteiger partial charge on any atom is 0.335 e. The molecule has 7 heteroatoms. The van der Waals surface area contributed by atoms with E-state index in [2.05, 4.69) is 5.32 Å². The molecule has 0 aromatic heterocycles. The first-order valence-electron chi connectivity index (χ1n) is 10.7. The number of carbonyl (C=O) groups excluding carboxylic acids is 3. The van der Waals surface area contributed by atoms with Crippen molar-refractivity contribution in [2.24, 2.45) is 0 Å². The number of methoxy groups -OCH3 is 1. The van der Waals surface area contributed by atoms with Gasteiger partial charge in [-0.05, 0) is 49.2 Å². The Bertz CT molecular complexity index is 1290. The van der Waals surface area contributed by atoms with Gasteiger partial charge in [0.1, 0.15) is 23.7 Å². The number of rotatable bonds is 6. The summed E-state index contributed by atoms with van der Waals surface area (Å²) < 4.78 is 11.3. The summed E-state index contributed by atoms with van der Waals surface area (Å²) in [7, 11) is 1.54. The molecule has 34 heavy (non-hydrogen) atoms. The lowest BCUT2D eigenvalue weighted by Crippen LogP contribution is -2.54. The maximum atomic E-state index is 13.3. The van der Waals surface area contributed by atoms with Crippen molar-refractivity contribution in [3.05, 3.63) is 94.6 Å². The van der Waals surface area contributed by atoms with Crippen molar-refractivity contribution >= 4 is 29.6 Å². The van der Waals surface area contributed by atoms with Gasteiger partial charge in [0.05, 0.1) is 12.8 Å². The molecule has 1 aliphatic heterocycles. The van der Waals surface area contributed by atoms with Gasteiger partial charge in [0.15, 0.2) is 0 Å². The molecule has 7 nitrogen and oxygen atoms in total. The third-order valence-corrected chi connectivity index (χ3v) is 5.49. The second-order valence-electron chi connectivity index (χ2n) is 7.92. The van der Waals surface area contributed by atoms with E-state index >= 15 is 0 Å². The second kappa shape index (κ2) is 9.62. The molecular formula is C27H24N2O5. The first-order valence-corrected chi connectivity index (χ1v) is 10.7. The van der Waals surface area contributed by atoms with E-state index in [1.807, 2.05) is 37.3 Å². The van der Waals surface area contributed by atoms with E-state index in [4.69, 9.17) is 9.47 Å². The molecule has 1 saturated heterocycles. The topological polar surface area (TPSA) is 84.9 Å². The number of nitrogens with zero attached hydrogens (tertiary/aromatic N) is 1. The number of para-hydroxylation sites is 1. The Morgan fingerprint density at radius 3 is 2.38 bits per heavy atom. The number of hydrogen-bond donors (Lipinski definition) is 1. The summed E-state index contributed by atoms with van der Waals surface area (Å²) in [6.45, 7) is 4.09. The number of ether oxygens (including phenoxy) is 2. The van der Waals surface area contributed by atoms with Crippen molar-refractivity contribution in [1.82, 2.24) is 5.32 Å². The van der Waals surface area contributed by atoms with E-state index in [0.29, 0.717) is 22.7 Å². The van der Waals surface area contributed by atoms with Crippen molar-refractivity contribution in [2.45, 2.75) is 20.5 Å². The van der Waals surface area contributed by atoms with E-state index in [1.165, 1.54) is 6.08 Å². The van der Waals surface area contributed by atoms with E-state index < -0.39 is 17.8 Å². The van der Waals surface area contributed by atoms with Crippen molar-refractivity contribution in [2.75, 3.05) is 12.0 Å². The second-order valence-corrected chi connectivity index (χ2v) is 7.92. The minimum absolute atomic E-state index is 0.173. The molecule has 1 heterocycles. The summed E-state index contributed by atoms with van der Waals surface area (Å²) >= 11 is 0. The summed E-state index contributed by atoms with van der Waals surface area (Å²) in [6, 6.07) is 19.2. The van der Waals surface area contributed by atoms with Gasteiger partial charge in [-0.25, -0.2) is 9.69 Å². The number of hydrogen-bond acceptors (Lipinski definition) is 5. The van der Waals surface area contributed by atoms with Crippen molar-refractivity contribution in [3.63, 3.8) is 0 Å². The quantitative estimate of drug-likeness (QED) is 0.434. The van der Waals surface area contributed by atoms with Crippen LogP contribution in [0.2, 0.25) is 0 Å². The highest BCUT2D eigenvalue weighted by atomic mass is 16.5. The Morgan fingerprint density at radius 1 is 0.941 bits per heavy atom. The van der Waals surface area contributed by atoms with Crippen LogP contribution in [0.5, 0.6) is 11.5 Å². The number of amides is 4. The van der Waals surface area contributed by atoms with Crippen LogP contribution in [0.1, 0.15) is 22.3 Å². The summed E-state index contributed by atoms with van der Waals surface area (Å²) in [5.74, 6) is -0.465. The lowest BCUT2D eigenvalue weighted by molar-refractivity contribution is -0.122. The average Bonchev–Trinajstić information content (AvgIpc) is 2.83. The van der Waals surface area contributed by atoms with Crippen LogP contribution in [-0.2, 0) is 16.2 Å². The molecule has 0 spiro atoms. The highest BCUT2D eigenvalue weighted by molar-refractivity contribution is 6.39. The zero-order valence-electron chi connectivity index (χ0n) is 19.1. The molecule has 0 atom stereocenters. The largest absolute Gasteiger partial charge is 0.497 e. The van der Waals surface area contributed by atoms with Crippen molar-refractivity contribution in [3.8, 4) is 11.5 Å². The molecule has 0 saturated carbocycles. The highest BCUT2D eigenvalue weighted by Gasteiger charge is 2.37. The number of imide groups is 2. The minimum atomic E-state index is -0.785. The van der Waals surface area contributed by atoms with Crippen molar-refractivity contribution in [1.29, 1.82) is 0 Å². The molecule has 4 amide bonds. The summed E-state index contributed by atoms with van der Waals surface area (Å²) in [5.41, 5.74) is 3.58. The average molecular weight is 456 g/mol. The number of anilines is 1. The molecule has 0 bridgehead atoms. The minimum Gasteiger partial charge on any atom is -0.497 e. The van der Waals surface area contributed by atoms with Gasteiger partial charge in [0.25, 0.3) is 11.8 Å². The molecular weight excluding hydrogens is 432 g/mol. The third-order valence-electron chi connectivity index (χ3n) is 5.49. The Kier molecular flexibility index (Phi) is 6.45. The molecule has 1 N–H and O–H groups in total. The lowest BCUT2D eigenvalue weighted by Gasteiger charge is -2.27. The number of carbonyl (C=O) groups is 3. The maximum absolute atomic E-state index is 13.3. The first-order chi connectivity index (χ1) is 16.4. The highest BCUT2D eigenvalue weighted by Crippen LogP contribution is 2.30. The summed E-state index contributed by atoms with van der Waals surface area (Å²) in [4.78, 5) is 39.3. The van der Waals surface area contributed by atoms with E-state index in [9.17, 15) is 14.4 Å². The van der Waals surface area contributed by atoms with Gasteiger partial charge in [-0.2, -0.15) is 0 Å². The Labute approximate surface area is 197 Å². The molecule has 1 fully saturated rings. The fraction of sp³-hybridized carbons (Fsp3) is 0.148. The lowest BCUT2D eigenvalue weighted by atomic mass is 10.0. The molecule has 172 valence electrons.